The molecule has 0 saturated carbocycles. The molecule has 0 saturated heterocycles. The quantitative estimate of drug-likeness (QED) is 0.166. The lowest BCUT2D eigenvalue weighted by molar-refractivity contribution is 1.07. The highest BCUT2D eigenvalue weighted by atomic mass is 15.0. The Morgan fingerprint density at radius 3 is 1.13 bits per heavy atom. The van der Waals surface area contributed by atoms with Crippen LogP contribution in [0.2, 0.25) is 0 Å². The lowest BCUT2D eigenvalue weighted by atomic mass is 10.0. The number of hydrogen-bond acceptors (Lipinski definition) is 3. The molecule has 0 radical (unpaired) electrons. The Bertz CT molecular complexity index is 2920. The van der Waals surface area contributed by atoms with Gasteiger partial charge in [0.1, 0.15) is 0 Å². The van der Waals surface area contributed by atoms with Gasteiger partial charge >= 0.3 is 0 Å². The lowest BCUT2D eigenvalue weighted by Gasteiger charge is -2.11. The van der Waals surface area contributed by atoms with Gasteiger partial charge in [-0.25, -0.2) is 15.0 Å². The topological polar surface area (TPSA) is 43.6 Å². The molecule has 2 heterocycles. The minimum absolute atomic E-state index is 0.636. The fourth-order valence-electron chi connectivity index (χ4n) is 7.47. The molecule has 0 N–H and O–H groups in total. The Kier molecular flexibility index (Phi) is 8.12. The zero-order valence-electron chi connectivity index (χ0n) is 29.9. The highest BCUT2D eigenvalue weighted by Crippen LogP contribution is 2.36. The van der Waals surface area contributed by atoms with E-state index in [0.717, 1.165) is 39.1 Å². The van der Waals surface area contributed by atoms with E-state index in [1.54, 1.807) is 0 Å². The van der Waals surface area contributed by atoms with Crippen LogP contribution < -0.4 is 0 Å². The number of fused-ring (bicyclic) bond motifs is 3. The number of aromatic nitrogens is 4. The zero-order valence-corrected chi connectivity index (χ0v) is 29.9. The van der Waals surface area contributed by atoms with Gasteiger partial charge in [-0.05, 0) is 57.6 Å². The summed E-state index contributed by atoms with van der Waals surface area (Å²) in [4.78, 5) is 14.9. The molecule has 0 fully saturated rings. The molecule has 55 heavy (non-hydrogen) atoms. The monoisotopic (exact) mass is 702 g/mol. The highest BCUT2D eigenvalue weighted by Gasteiger charge is 2.15. The van der Waals surface area contributed by atoms with Crippen molar-refractivity contribution < 1.29 is 0 Å². The molecule has 0 atom stereocenters. The minimum Gasteiger partial charge on any atom is -0.309 e. The van der Waals surface area contributed by atoms with Crippen LogP contribution in [-0.4, -0.2) is 19.5 Å². The van der Waals surface area contributed by atoms with E-state index in [4.69, 9.17) is 15.0 Å². The maximum atomic E-state index is 5.01. The van der Waals surface area contributed by atoms with Crippen molar-refractivity contribution in [3.05, 3.63) is 206 Å². The van der Waals surface area contributed by atoms with Crippen molar-refractivity contribution in [2.24, 2.45) is 0 Å². The van der Waals surface area contributed by atoms with Crippen molar-refractivity contribution in [3.8, 4) is 73.2 Å². The molecule has 0 amide bonds. The maximum absolute atomic E-state index is 5.01. The Hall–Kier alpha value is -7.43. The molecular weight excluding hydrogens is 669 g/mol. The first-order valence-corrected chi connectivity index (χ1v) is 18.5. The van der Waals surface area contributed by atoms with E-state index in [9.17, 15) is 0 Å². The largest absolute Gasteiger partial charge is 0.309 e. The standard InChI is InChI=1S/C51H34N4/c1-4-12-35(13-5-1)37-20-24-41(25-21-37)50-52-49(40-16-8-3-9-17-40)53-51(54-50)42-26-22-39(23-27-42)43-30-33-46-45-18-10-11-19-47(45)55(48(46)34-43)44-31-28-38(29-32-44)36-14-6-2-7-15-36/h1-34H. The van der Waals surface area contributed by atoms with Crippen LogP contribution in [0.3, 0.4) is 0 Å². The summed E-state index contributed by atoms with van der Waals surface area (Å²) < 4.78 is 2.38. The fraction of sp³-hybridized carbons (Fsp3) is 0. The van der Waals surface area contributed by atoms with Crippen molar-refractivity contribution >= 4 is 21.8 Å². The molecule has 10 aromatic rings. The van der Waals surface area contributed by atoms with Gasteiger partial charge in [0.25, 0.3) is 0 Å². The van der Waals surface area contributed by atoms with Crippen LogP contribution in [0, 0.1) is 0 Å². The number of rotatable bonds is 7. The van der Waals surface area contributed by atoms with Crippen LogP contribution in [0.5, 0.6) is 0 Å². The number of para-hydroxylation sites is 1. The van der Waals surface area contributed by atoms with E-state index in [1.807, 2.05) is 36.4 Å². The smallest absolute Gasteiger partial charge is 0.164 e. The van der Waals surface area contributed by atoms with E-state index in [-0.39, 0.29) is 0 Å². The summed E-state index contributed by atoms with van der Waals surface area (Å²) in [6, 6.07) is 72.3. The Labute approximate surface area is 319 Å². The molecule has 4 nitrogen and oxygen atoms in total. The Morgan fingerprint density at radius 2 is 0.600 bits per heavy atom. The summed E-state index contributed by atoms with van der Waals surface area (Å²) in [5.41, 5.74) is 13.3. The second-order valence-corrected chi connectivity index (χ2v) is 13.7. The molecule has 2 aromatic heterocycles. The average molecular weight is 703 g/mol. The first-order chi connectivity index (χ1) is 27.2. The van der Waals surface area contributed by atoms with Gasteiger partial charge in [-0.3, -0.25) is 0 Å². The van der Waals surface area contributed by atoms with E-state index < -0.39 is 0 Å². The second kappa shape index (κ2) is 13.8. The maximum Gasteiger partial charge on any atom is 0.164 e. The molecule has 0 spiro atoms. The highest BCUT2D eigenvalue weighted by molar-refractivity contribution is 6.10. The average Bonchev–Trinajstić information content (AvgIpc) is 3.61. The number of nitrogens with zero attached hydrogens (tertiary/aromatic N) is 4. The third kappa shape index (κ3) is 6.16. The Balaban J connectivity index is 1.02. The normalized spacial score (nSPS) is 11.3. The molecular formula is C51H34N4. The van der Waals surface area contributed by atoms with Gasteiger partial charge in [0.15, 0.2) is 17.5 Å². The van der Waals surface area contributed by atoms with Crippen LogP contribution in [0.25, 0.3) is 95.0 Å². The van der Waals surface area contributed by atoms with Gasteiger partial charge in [-0.15, -0.1) is 0 Å². The third-order valence-corrected chi connectivity index (χ3v) is 10.3. The molecule has 8 aromatic carbocycles. The van der Waals surface area contributed by atoms with E-state index in [1.165, 1.54) is 38.5 Å². The van der Waals surface area contributed by atoms with Crippen LogP contribution in [-0.2, 0) is 0 Å². The summed E-state index contributed by atoms with van der Waals surface area (Å²) in [6.07, 6.45) is 0. The summed E-state index contributed by atoms with van der Waals surface area (Å²) in [6.45, 7) is 0. The van der Waals surface area contributed by atoms with Crippen LogP contribution in [0.4, 0.5) is 0 Å². The van der Waals surface area contributed by atoms with Gasteiger partial charge in [-0.2, -0.15) is 0 Å². The fourth-order valence-corrected chi connectivity index (χ4v) is 7.47. The SMILES string of the molecule is c1ccc(-c2ccc(-c3nc(-c4ccccc4)nc(-c4ccc(-c5ccc6c7ccccc7n(-c7ccc(-c8ccccc8)cc7)c6c5)cc4)n3)cc2)cc1. The summed E-state index contributed by atoms with van der Waals surface area (Å²) in [7, 11) is 0. The van der Waals surface area contributed by atoms with Crippen molar-refractivity contribution in [1.29, 1.82) is 0 Å². The van der Waals surface area contributed by atoms with Crippen LogP contribution >= 0.6 is 0 Å². The summed E-state index contributed by atoms with van der Waals surface area (Å²) in [5, 5.41) is 2.46. The summed E-state index contributed by atoms with van der Waals surface area (Å²) in [5.74, 6) is 1.92. The predicted octanol–water partition coefficient (Wildman–Crippen LogP) is 13.0. The minimum atomic E-state index is 0.636. The summed E-state index contributed by atoms with van der Waals surface area (Å²) >= 11 is 0. The number of hydrogen-bond donors (Lipinski definition) is 0. The van der Waals surface area contributed by atoms with Crippen LogP contribution in [0.1, 0.15) is 0 Å². The number of benzene rings is 8. The van der Waals surface area contributed by atoms with Crippen molar-refractivity contribution in [1.82, 2.24) is 19.5 Å². The van der Waals surface area contributed by atoms with Gasteiger partial charge in [-0.1, -0.05) is 182 Å². The van der Waals surface area contributed by atoms with E-state index in [0.29, 0.717) is 17.5 Å². The van der Waals surface area contributed by atoms with Crippen molar-refractivity contribution in [3.63, 3.8) is 0 Å². The molecule has 0 aliphatic carbocycles. The van der Waals surface area contributed by atoms with Gasteiger partial charge in [0, 0.05) is 33.2 Å². The van der Waals surface area contributed by atoms with Crippen molar-refractivity contribution in [2.45, 2.75) is 0 Å². The lowest BCUT2D eigenvalue weighted by Crippen LogP contribution is -2.00. The molecule has 0 unspecified atom stereocenters. The van der Waals surface area contributed by atoms with Gasteiger partial charge < -0.3 is 4.57 Å². The Morgan fingerprint density at radius 1 is 0.255 bits per heavy atom. The van der Waals surface area contributed by atoms with Crippen molar-refractivity contribution in [2.75, 3.05) is 0 Å². The third-order valence-electron chi connectivity index (χ3n) is 10.3. The van der Waals surface area contributed by atoms with Gasteiger partial charge in [0.2, 0.25) is 0 Å². The predicted molar refractivity (Wildman–Crippen MR) is 227 cm³/mol. The molecule has 0 aliphatic heterocycles. The molecule has 10 rings (SSSR count). The molecule has 258 valence electrons. The molecule has 0 bridgehead atoms. The zero-order chi connectivity index (χ0) is 36.6. The van der Waals surface area contributed by atoms with Gasteiger partial charge in [0.05, 0.1) is 11.0 Å². The molecule has 4 heteroatoms. The first kappa shape index (κ1) is 32.2. The van der Waals surface area contributed by atoms with Crippen LogP contribution in [0.15, 0.2) is 206 Å². The second-order valence-electron chi connectivity index (χ2n) is 13.7. The van der Waals surface area contributed by atoms with E-state index in [2.05, 4.69) is 174 Å². The molecule has 0 aliphatic rings. The van der Waals surface area contributed by atoms with E-state index >= 15 is 0 Å². The first-order valence-electron chi connectivity index (χ1n) is 18.5.